The highest BCUT2D eigenvalue weighted by atomic mass is 16.5. The number of carbonyl (C=O) groups excluding carboxylic acids is 1. The second-order valence-corrected chi connectivity index (χ2v) is 5.86. The highest BCUT2D eigenvalue weighted by molar-refractivity contribution is 5.89. The van der Waals surface area contributed by atoms with Crippen LogP contribution < -0.4 is 10.6 Å². The first-order valence-corrected chi connectivity index (χ1v) is 7.17. The maximum atomic E-state index is 12.0. The lowest BCUT2D eigenvalue weighted by Gasteiger charge is -2.25. The quantitative estimate of drug-likeness (QED) is 0.722. The van der Waals surface area contributed by atoms with E-state index in [1.807, 2.05) is 25.1 Å². The van der Waals surface area contributed by atoms with Crippen molar-refractivity contribution in [1.82, 2.24) is 5.32 Å². The molecule has 6 nitrogen and oxygen atoms in total. The fraction of sp³-hybridized carbons (Fsp3) is 0.500. The van der Waals surface area contributed by atoms with Crippen LogP contribution in [-0.2, 0) is 9.53 Å². The summed E-state index contributed by atoms with van der Waals surface area (Å²) in [6.45, 7) is 5.51. The first-order chi connectivity index (χ1) is 10.2. The lowest BCUT2D eigenvalue weighted by Crippen LogP contribution is -2.45. The number of rotatable bonds is 7. The Morgan fingerprint density at radius 2 is 2.05 bits per heavy atom. The van der Waals surface area contributed by atoms with Gasteiger partial charge in [0.1, 0.15) is 0 Å². The van der Waals surface area contributed by atoms with Crippen molar-refractivity contribution in [2.45, 2.75) is 45.3 Å². The lowest BCUT2D eigenvalue weighted by atomic mass is 9.99. The molecule has 0 aliphatic carbocycles. The van der Waals surface area contributed by atoms with Crippen molar-refractivity contribution in [1.29, 1.82) is 0 Å². The van der Waals surface area contributed by atoms with Crippen molar-refractivity contribution in [2.75, 3.05) is 12.4 Å². The number of carboxylic acids is 1. The van der Waals surface area contributed by atoms with Crippen LogP contribution in [0.5, 0.6) is 0 Å². The molecule has 0 fully saturated rings. The molecule has 0 aliphatic heterocycles. The Morgan fingerprint density at radius 3 is 2.64 bits per heavy atom. The molecule has 0 aromatic heterocycles. The van der Waals surface area contributed by atoms with Gasteiger partial charge in [-0.2, -0.15) is 0 Å². The van der Waals surface area contributed by atoms with Gasteiger partial charge in [0.2, 0.25) is 0 Å². The standard InChI is InChI=1S/C16H24N2O4/c1-11(22-4)12-6-5-7-13(10-12)17-15(21)18-16(2,3)9-8-14(19)20/h5-7,10-11H,8-9H2,1-4H3,(H,19,20)(H2,17,18,21). The van der Waals surface area contributed by atoms with Gasteiger partial charge in [-0.15, -0.1) is 0 Å². The van der Waals surface area contributed by atoms with Crippen LogP contribution in [0.3, 0.4) is 0 Å². The zero-order chi connectivity index (χ0) is 16.8. The summed E-state index contributed by atoms with van der Waals surface area (Å²) in [7, 11) is 1.63. The van der Waals surface area contributed by atoms with Gasteiger partial charge < -0.3 is 20.5 Å². The normalized spacial score (nSPS) is 12.5. The van der Waals surface area contributed by atoms with Crippen molar-refractivity contribution in [2.24, 2.45) is 0 Å². The van der Waals surface area contributed by atoms with Crippen LogP contribution in [0.1, 0.15) is 45.3 Å². The van der Waals surface area contributed by atoms with Gasteiger partial charge in [-0.3, -0.25) is 4.79 Å². The molecule has 1 unspecified atom stereocenters. The Balaban J connectivity index is 2.63. The number of hydrogen-bond donors (Lipinski definition) is 3. The Morgan fingerprint density at radius 1 is 1.36 bits per heavy atom. The Bertz CT molecular complexity index is 529. The molecule has 6 heteroatoms. The first kappa shape index (κ1) is 18.0. The summed E-state index contributed by atoms with van der Waals surface area (Å²) in [5.41, 5.74) is 1.03. The average molecular weight is 308 g/mol. The molecule has 0 saturated heterocycles. The van der Waals surface area contributed by atoms with Gasteiger partial charge in [0.05, 0.1) is 6.10 Å². The molecule has 0 bridgehead atoms. The molecule has 0 heterocycles. The molecular weight excluding hydrogens is 284 g/mol. The number of ether oxygens (including phenoxy) is 1. The molecule has 1 atom stereocenters. The maximum Gasteiger partial charge on any atom is 0.319 e. The number of benzene rings is 1. The lowest BCUT2D eigenvalue weighted by molar-refractivity contribution is -0.137. The monoisotopic (exact) mass is 308 g/mol. The van der Waals surface area contributed by atoms with Crippen LogP contribution in [0.4, 0.5) is 10.5 Å². The maximum absolute atomic E-state index is 12.0. The van der Waals surface area contributed by atoms with Crippen LogP contribution in [0, 0.1) is 0 Å². The highest BCUT2D eigenvalue weighted by Crippen LogP contribution is 2.20. The van der Waals surface area contributed by atoms with Crippen molar-refractivity contribution in [3.63, 3.8) is 0 Å². The van der Waals surface area contributed by atoms with E-state index in [0.717, 1.165) is 5.56 Å². The fourth-order valence-electron chi connectivity index (χ4n) is 1.96. The van der Waals surface area contributed by atoms with Gasteiger partial charge >= 0.3 is 12.0 Å². The summed E-state index contributed by atoms with van der Waals surface area (Å²) >= 11 is 0. The minimum Gasteiger partial charge on any atom is -0.481 e. The molecule has 0 radical (unpaired) electrons. The van der Waals surface area contributed by atoms with E-state index in [1.54, 1.807) is 27.0 Å². The van der Waals surface area contributed by atoms with Gasteiger partial charge in [0.25, 0.3) is 0 Å². The second kappa shape index (κ2) is 7.79. The van der Waals surface area contributed by atoms with Crippen molar-refractivity contribution in [3.05, 3.63) is 29.8 Å². The van der Waals surface area contributed by atoms with E-state index >= 15 is 0 Å². The molecule has 122 valence electrons. The van der Waals surface area contributed by atoms with Crippen LogP contribution in [-0.4, -0.2) is 29.8 Å². The number of hydrogen-bond acceptors (Lipinski definition) is 3. The summed E-state index contributed by atoms with van der Waals surface area (Å²) in [6.07, 6.45) is 0.307. The third-order valence-corrected chi connectivity index (χ3v) is 3.38. The Labute approximate surface area is 130 Å². The largest absolute Gasteiger partial charge is 0.481 e. The van der Waals surface area contributed by atoms with Gasteiger partial charge in [0.15, 0.2) is 0 Å². The van der Waals surface area contributed by atoms with E-state index in [2.05, 4.69) is 10.6 Å². The fourth-order valence-corrected chi connectivity index (χ4v) is 1.96. The first-order valence-electron chi connectivity index (χ1n) is 7.17. The summed E-state index contributed by atoms with van der Waals surface area (Å²) in [6, 6.07) is 7.04. The van der Waals surface area contributed by atoms with Crippen LogP contribution >= 0.6 is 0 Å². The minimum absolute atomic E-state index is 0.00805. The van der Waals surface area contributed by atoms with Crippen LogP contribution in [0.15, 0.2) is 24.3 Å². The summed E-state index contributed by atoms with van der Waals surface area (Å²) < 4.78 is 5.25. The number of aliphatic carboxylic acids is 1. The smallest absolute Gasteiger partial charge is 0.319 e. The van der Waals surface area contributed by atoms with E-state index in [4.69, 9.17) is 9.84 Å². The van der Waals surface area contributed by atoms with E-state index < -0.39 is 11.5 Å². The number of carbonyl (C=O) groups is 2. The zero-order valence-corrected chi connectivity index (χ0v) is 13.5. The Kier molecular flexibility index (Phi) is 6.37. The van der Waals surface area contributed by atoms with E-state index in [1.165, 1.54) is 0 Å². The van der Waals surface area contributed by atoms with Gasteiger partial charge in [-0.1, -0.05) is 12.1 Å². The third-order valence-electron chi connectivity index (χ3n) is 3.38. The zero-order valence-electron chi connectivity index (χ0n) is 13.5. The van der Waals surface area contributed by atoms with E-state index in [-0.39, 0.29) is 18.6 Å². The molecular formula is C16H24N2O4. The number of amides is 2. The second-order valence-electron chi connectivity index (χ2n) is 5.86. The summed E-state index contributed by atoms with van der Waals surface area (Å²) in [5, 5.41) is 14.2. The molecule has 0 spiro atoms. The molecule has 2 amide bonds. The topological polar surface area (TPSA) is 87.7 Å². The molecule has 22 heavy (non-hydrogen) atoms. The Hall–Kier alpha value is -2.08. The number of carboxylic acid groups (broad SMARTS) is 1. The third kappa shape index (κ3) is 6.13. The molecule has 0 saturated carbocycles. The predicted octanol–water partition coefficient (Wildman–Crippen LogP) is 3.16. The average Bonchev–Trinajstić information content (AvgIpc) is 2.44. The van der Waals surface area contributed by atoms with Gasteiger partial charge in [-0.05, 0) is 44.9 Å². The SMILES string of the molecule is COC(C)c1cccc(NC(=O)NC(C)(C)CCC(=O)O)c1. The number of nitrogens with one attached hydrogen (secondary N) is 2. The number of methoxy groups -OCH3 is 1. The number of urea groups is 1. The predicted molar refractivity (Wildman–Crippen MR) is 85.0 cm³/mol. The van der Waals surface area contributed by atoms with Crippen LogP contribution in [0.2, 0.25) is 0 Å². The molecule has 1 rings (SSSR count). The van der Waals surface area contributed by atoms with Crippen molar-refractivity contribution >= 4 is 17.7 Å². The van der Waals surface area contributed by atoms with Gasteiger partial charge in [0, 0.05) is 24.8 Å². The summed E-state index contributed by atoms with van der Waals surface area (Å²) in [5.74, 6) is -0.878. The van der Waals surface area contributed by atoms with Crippen molar-refractivity contribution in [3.8, 4) is 0 Å². The van der Waals surface area contributed by atoms with Crippen LogP contribution in [0.25, 0.3) is 0 Å². The molecule has 0 aliphatic rings. The van der Waals surface area contributed by atoms with E-state index in [9.17, 15) is 9.59 Å². The van der Waals surface area contributed by atoms with E-state index in [0.29, 0.717) is 12.1 Å². The minimum atomic E-state index is -0.878. The molecule has 3 N–H and O–H groups in total. The van der Waals surface area contributed by atoms with Crippen molar-refractivity contribution < 1.29 is 19.4 Å². The highest BCUT2D eigenvalue weighted by Gasteiger charge is 2.21. The number of anilines is 1. The molecule has 1 aromatic rings. The van der Waals surface area contributed by atoms with Gasteiger partial charge in [-0.25, -0.2) is 4.79 Å². The summed E-state index contributed by atoms with van der Waals surface area (Å²) in [4.78, 5) is 22.6. The molecule has 1 aromatic carbocycles.